The number of nitrogens with one attached hydrogen (secondary N) is 4. The van der Waals surface area contributed by atoms with Gasteiger partial charge in [0.05, 0.1) is 6.04 Å². The number of amides is 1. The number of nitrogens with two attached hydrogens (primary N) is 1. The van der Waals surface area contributed by atoms with E-state index in [1.165, 1.54) is 12.1 Å². The lowest BCUT2D eigenvalue weighted by atomic mass is 10.1. The van der Waals surface area contributed by atoms with Crippen LogP contribution in [0.2, 0.25) is 0 Å². The lowest BCUT2D eigenvalue weighted by molar-refractivity contribution is -0.140. The highest BCUT2D eigenvalue weighted by Crippen LogP contribution is 2.25. The molecule has 8 N–H and O–H groups in total. The first kappa shape index (κ1) is 23.4. The van der Waals surface area contributed by atoms with Crippen molar-refractivity contribution in [2.75, 3.05) is 41.4 Å². The number of nitrogens with zero attached hydrogens (tertiary/aromatic N) is 2. The van der Waals surface area contributed by atoms with Crippen molar-refractivity contribution in [3.05, 3.63) is 40.2 Å². The fraction of sp³-hybridized carbons (Fsp3) is 0.350. The summed E-state index contributed by atoms with van der Waals surface area (Å²) in [6.07, 6.45) is -0.586. The summed E-state index contributed by atoms with van der Waals surface area (Å²) < 4.78 is 0. The number of carbonyl (C=O) groups is 3. The number of carboxylic acids is 2. The molecule has 2 heterocycles. The van der Waals surface area contributed by atoms with Crippen LogP contribution in [0.1, 0.15) is 23.2 Å². The molecule has 1 aromatic carbocycles. The molecule has 1 aliphatic heterocycles. The molecule has 0 bridgehead atoms. The highest BCUT2D eigenvalue weighted by atomic mass is 16.5. The molecule has 1 aliphatic rings. The molecule has 1 unspecified atom stereocenters. The Morgan fingerprint density at radius 2 is 1.97 bits per heavy atom. The van der Waals surface area contributed by atoms with Gasteiger partial charge in [0.15, 0.2) is 5.82 Å². The van der Waals surface area contributed by atoms with Gasteiger partial charge in [-0.05, 0) is 30.7 Å². The number of carbonyl (C=O) groups excluding carboxylic acids is 1. The van der Waals surface area contributed by atoms with Crippen LogP contribution in [0.4, 0.5) is 23.1 Å². The van der Waals surface area contributed by atoms with Gasteiger partial charge in [0.1, 0.15) is 11.7 Å². The number of fused-ring (bicyclic) bond motifs is 1. The van der Waals surface area contributed by atoms with E-state index in [9.17, 15) is 24.3 Å². The third kappa shape index (κ3) is 5.70. The Labute approximate surface area is 188 Å². The number of anilines is 4. The van der Waals surface area contributed by atoms with Crippen LogP contribution >= 0.6 is 0 Å². The summed E-state index contributed by atoms with van der Waals surface area (Å²) in [6, 6.07) is 5.03. The summed E-state index contributed by atoms with van der Waals surface area (Å²) in [5.41, 5.74) is 6.59. The molecule has 0 aliphatic carbocycles. The van der Waals surface area contributed by atoms with Gasteiger partial charge in [-0.1, -0.05) is 0 Å². The van der Waals surface area contributed by atoms with E-state index >= 15 is 0 Å². The minimum absolute atomic E-state index is 0.0388. The van der Waals surface area contributed by atoms with Crippen LogP contribution in [0.3, 0.4) is 0 Å². The van der Waals surface area contributed by atoms with Crippen molar-refractivity contribution < 1.29 is 24.6 Å². The third-order valence-corrected chi connectivity index (χ3v) is 5.26. The number of aliphatic carboxylic acids is 2. The highest BCUT2D eigenvalue weighted by molar-refractivity contribution is 5.96. The summed E-state index contributed by atoms with van der Waals surface area (Å²) >= 11 is 0. The summed E-state index contributed by atoms with van der Waals surface area (Å²) in [5, 5.41) is 26.6. The van der Waals surface area contributed by atoms with Crippen LogP contribution in [0.5, 0.6) is 0 Å². The fourth-order valence-corrected chi connectivity index (χ4v) is 3.42. The summed E-state index contributed by atoms with van der Waals surface area (Å²) in [6.45, 7) is 1.01. The Balaban J connectivity index is 1.58. The third-order valence-electron chi connectivity index (χ3n) is 5.26. The van der Waals surface area contributed by atoms with Gasteiger partial charge in [0.2, 0.25) is 5.95 Å². The molecule has 2 atom stereocenters. The van der Waals surface area contributed by atoms with Gasteiger partial charge in [-0.3, -0.25) is 19.4 Å². The topological polar surface area (TPSA) is 203 Å². The first-order chi connectivity index (χ1) is 15.7. The van der Waals surface area contributed by atoms with E-state index in [1.807, 2.05) is 4.90 Å². The Morgan fingerprint density at radius 3 is 2.61 bits per heavy atom. The molecule has 176 valence electrons. The zero-order chi connectivity index (χ0) is 24.1. The molecular formula is C20H25N7O6. The van der Waals surface area contributed by atoms with E-state index in [0.717, 1.165) is 5.69 Å². The van der Waals surface area contributed by atoms with Gasteiger partial charge in [0, 0.05) is 37.8 Å². The molecular weight excluding hydrogens is 439 g/mol. The first-order valence-electron chi connectivity index (χ1n) is 10.1. The predicted molar refractivity (Wildman–Crippen MR) is 121 cm³/mol. The number of nitrogen functional groups attached to an aromatic ring is 1. The fourth-order valence-electron chi connectivity index (χ4n) is 3.42. The maximum Gasteiger partial charge on any atom is 0.326 e. The lowest BCUT2D eigenvalue weighted by Crippen LogP contribution is -2.48. The first-order valence-corrected chi connectivity index (χ1v) is 10.1. The second-order valence-electron chi connectivity index (χ2n) is 7.55. The molecule has 0 saturated heterocycles. The molecule has 0 fully saturated rings. The van der Waals surface area contributed by atoms with Gasteiger partial charge < -0.3 is 36.8 Å². The van der Waals surface area contributed by atoms with Crippen molar-refractivity contribution in [2.45, 2.75) is 24.9 Å². The van der Waals surface area contributed by atoms with Gasteiger partial charge in [-0.2, -0.15) is 4.98 Å². The molecule has 3 rings (SSSR count). The van der Waals surface area contributed by atoms with Crippen LogP contribution < -0.4 is 32.1 Å². The molecule has 33 heavy (non-hydrogen) atoms. The molecule has 1 amide bonds. The van der Waals surface area contributed by atoms with E-state index in [4.69, 9.17) is 10.8 Å². The molecule has 13 nitrogen and oxygen atoms in total. The monoisotopic (exact) mass is 464 g/mol. The maximum absolute atomic E-state index is 12.3. The summed E-state index contributed by atoms with van der Waals surface area (Å²) in [7, 11) is 1.79. The number of benzene rings is 1. The van der Waals surface area contributed by atoms with Crippen molar-refractivity contribution in [3.8, 4) is 0 Å². The number of aromatic amines is 1. The molecule has 0 spiro atoms. The second kappa shape index (κ2) is 9.89. The Morgan fingerprint density at radius 1 is 1.27 bits per heavy atom. The highest BCUT2D eigenvalue weighted by Gasteiger charge is 2.27. The largest absolute Gasteiger partial charge is 0.481 e. The van der Waals surface area contributed by atoms with Crippen LogP contribution in [0.25, 0.3) is 0 Å². The normalized spacial score (nSPS) is 15.7. The maximum atomic E-state index is 12.3. The average molecular weight is 464 g/mol. The number of rotatable bonds is 9. The Hall–Kier alpha value is -4.29. The van der Waals surface area contributed by atoms with Crippen molar-refractivity contribution in [1.29, 1.82) is 0 Å². The molecule has 2 aromatic rings. The van der Waals surface area contributed by atoms with Gasteiger partial charge in [-0.25, -0.2) is 4.79 Å². The minimum atomic E-state index is -1.30. The van der Waals surface area contributed by atoms with Crippen LogP contribution in [0.15, 0.2) is 29.1 Å². The average Bonchev–Trinajstić information content (AvgIpc) is 2.75. The zero-order valence-electron chi connectivity index (χ0n) is 17.8. The van der Waals surface area contributed by atoms with E-state index < -0.39 is 23.9 Å². The summed E-state index contributed by atoms with van der Waals surface area (Å²) in [5.74, 6) is -2.59. The standard InChI is InChI=1S/C20H25N7O6/c1-27-12(9-23-16-15(27)18(31)26-20(21)25-16)8-22-11-4-2-10(3-5-11)17(30)24-13(19(32)33)6-7-14(28)29/h2-5,12-13,22H,6-9H2,1H3,(H,24,30)(H,28,29)(H,32,33)(H4,21,23,25,26,31)/t12?,13-/m0/s1/i6+1,7+1,13+1,14+1,19+1. The van der Waals surface area contributed by atoms with Crippen molar-refractivity contribution in [3.63, 3.8) is 0 Å². The number of aromatic nitrogens is 2. The lowest BCUT2D eigenvalue weighted by Gasteiger charge is -2.35. The number of hydrogen-bond acceptors (Lipinski definition) is 9. The molecule has 1 aromatic heterocycles. The zero-order valence-corrected chi connectivity index (χ0v) is 17.8. The van der Waals surface area contributed by atoms with Gasteiger partial charge in [0.25, 0.3) is 11.5 Å². The summed E-state index contributed by atoms with van der Waals surface area (Å²) in [4.78, 5) is 54.9. The second-order valence-corrected chi connectivity index (χ2v) is 7.55. The Kier molecular flexibility index (Phi) is 7.00. The number of H-pyrrole nitrogens is 1. The van der Waals surface area contributed by atoms with E-state index in [-0.39, 0.29) is 36.0 Å². The minimum Gasteiger partial charge on any atom is -0.481 e. The van der Waals surface area contributed by atoms with Crippen molar-refractivity contribution in [1.82, 2.24) is 15.3 Å². The van der Waals surface area contributed by atoms with Crippen LogP contribution in [-0.4, -0.2) is 70.2 Å². The molecule has 0 saturated carbocycles. The number of carboxylic acid groups (broad SMARTS) is 2. The Bertz CT molecular complexity index is 1100. The van der Waals surface area contributed by atoms with Crippen LogP contribution in [0, 0.1) is 0 Å². The van der Waals surface area contributed by atoms with Gasteiger partial charge in [-0.15, -0.1) is 0 Å². The molecule has 13 heteroatoms. The number of likely N-dealkylation sites (N-methyl/N-ethyl adjacent to an activating group) is 1. The number of hydrogen-bond donors (Lipinski definition) is 7. The molecule has 0 radical (unpaired) electrons. The van der Waals surface area contributed by atoms with Crippen molar-refractivity contribution in [2.24, 2.45) is 0 Å². The van der Waals surface area contributed by atoms with E-state index in [1.54, 1.807) is 19.2 Å². The van der Waals surface area contributed by atoms with E-state index in [2.05, 4.69) is 25.9 Å². The van der Waals surface area contributed by atoms with E-state index in [0.29, 0.717) is 24.6 Å². The SMILES string of the molecule is CN1c2c(nc(N)[nH]c2=O)NCC1CNc1ccc(C(=O)N[13C@@H]([13CH2][13CH2][13C](=O)O)[13C](=O)O)cc1. The quantitative estimate of drug-likeness (QED) is 0.241. The predicted octanol–water partition coefficient (Wildman–Crippen LogP) is -0.258. The van der Waals surface area contributed by atoms with Crippen molar-refractivity contribution >= 4 is 41.0 Å². The smallest absolute Gasteiger partial charge is 0.326 e. The van der Waals surface area contributed by atoms with Gasteiger partial charge >= 0.3 is 11.9 Å². The van der Waals surface area contributed by atoms with Crippen LogP contribution in [-0.2, 0) is 9.59 Å².